The normalized spacial score (nSPS) is 11.9. The van der Waals surface area contributed by atoms with Crippen molar-refractivity contribution in [2.75, 3.05) is 18.2 Å². The fourth-order valence-corrected chi connectivity index (χ4v) is 4.23. The van der Waals surface area contributed by atoms with Crippen molar-refractivity contribution in [3.8, 4) is 5.75 Å². The van der Waals surface area contributed by atoms with Gasteiger partial charge in [-0.2, -0.15) is 0 Å². The predicted octanol–water partition coefficient (Wildman–Crippen LogP) is 3.50. The fourth-order valence-electron chi connectivity index (χ4n) is 2.26. The Morgan fingerprint density at radius 1 is 1.07 bits per heavy atom. The maximum absolute atomic E-state index is 12.3. The van der Waals surface area contributed by atoms with Crippen LogP contribution in [0.25, 0.3) is 0 Å². The molecule has 146 valence electrons. The van der Waals surface area contributed by atoms with Crippen LogP contribution in [0.3, 0.4) is 0 Å². The first-order valence-corrected chi connectivity index (χ1v) is 11.0. The number of thioether (sulfide) groups is 1. The molecule has 2 aromatic carbocycles. The number of para-hydroxylation sites is 1. The van der Waals surface area contributed by atoms with Crippen molar-refractivity contribution < 1.29 is 17.9 Å². The van der Waals surface area contributed by atoms with E-state index in [1.807, 2.05) is 30.5 Å². The smallest absolute Gasteiger partial charge is 0.262 e. The van der Waals surface area contributed by atoms with Gasteiger partial charge in [0.1, 0.15) is 5.75 Å². The van der Waals surface area contributed by atoms with E-state index in [-0.39, 0.29) is 17.4 Å². The zero-order valence-electron chi connectivity index (χ0n) is 15.8. The van der Waals surface area contributed by atoms with Crippen molar-refractivity contribution in [1.29, 1.82) is 0 Å². The summed E-state index contributed by atoms with van der Waals surface area (Å²) in [5.74, 6) is 0.126. The molecule has 0 unspecified atom stereocenters. The summed E-state index contributed by atoms with van der Waals surface area (Å²) in [6.45, 7) is 5.15. The molecule has 2 N–H and O–H groups in total. The van der Waals surface area contributed by atoms with Gasteiger partial charge in [-0.05, 0) is 63.4 Å². The van der Waals surface area contributed by atoms with E-state index in [0.29, 0.717) is 5.75 Å². The molecule has 0 fully saturated rings. The Morgan fingerprint density at radius 2 is 1.70 bits per heavy atom. The molecule has 1 amide bonds. The number of hydrogen-bond acceptors (Lipinski definition) is 5. The molecule has 0 saturated heterocycles. The van der Waals surface area contributed by atoms with Gasteiger partial charge in [-0.3, -0.25) is 4.79 Å². The van der Waals surface area contributed by atoms with Crippen LogP contribution >= 0.6 is 11.8 Å². The van der Waals surface area contributed by atoms with Crippen molar-refractivity contribution in [1.82, 2.24) is 4.72 Å². The lowest BCUT2D eigenvalue weighted by atomic mass is 10.1. The Labute approximate surface area is 164 Å². The quantitative estimate of drug-likeness (QED) is 0.685. The number of rotatable bonds is 7. The van der Waals surface area contributed by atoms with Crippen molar-refractivity contribution in [3.05, 3.63) is 48.5 Å². The van der Waals surface area contributed by atoms with E-state index in [1.54, 1.807) is 32.5 Å². The number of nitrogens with one attached hydrogen (secondary N) is 2. The first kappa shape index (κ1) is 21.3. The molecule has 0 aliphatic heterocycles. The maximum Gasteiger partial charge on any atom is 0.262 e. The Hall–Kier alpha value is -2.03. The highest BCUT2D eigenvalue weighted by Gasteiger charge is 2.21. The van der Waals surface area contributed by atoms with Gasteiger partial charge < -0.3 is 10.1 Å². The van der Waals surface area contributed by atoms with E-state index in [9.17, 15) is 13.2 Å². The van der Waals surface area contributed by atoms with Crippen LogP contribution in [0.4, 0.5) is 5.69 Å². The summed E-state index contributed by atoms with van der Waals surface area (Å²) in [4.78, 5) is 13.2. The van der Waals surface area contributed by atoms with Gasteiger partial charge in [0.15, 0.2) is 6.61 Å². The van der Waals surface area contributed by atoms with E-state index in [1.165, 1.54) is 24.3 Å². The second-order valence-corrected chi connectivity index (χ2v) is 9.39. The molecule has 0 bridgehead atoms. The minimum atomic E-state index is -3.60. The number of hydrogen-bond donors (Lipinski definition) is 2. The summed E-state index contributed by atoms with van der Waals surface area (Å²) in [7, 11) is -3.60. The largest absolute Gasteiger partial charge is 0.484 e. The molecule has 2 aromatic rings. The molecule has 0 radical (unpaired) electrons. The van der Waals surface area contributed by atoms with Crippen LogP contribution in [0, 0.1) is 0 Å². The van der Waals surface area contributed by atoms with Crippen molar-refractivity contribution >= 4 is 33.4 Å². The van der Waals surface area contributed by atoms with Gasteiger partial charge in [0.25, 0.3) is 5.91 Å². The number of anilines is 1. The monoisotopic (exact) mass is 408 g/mol. The number of benzene rings is 2. The van der Waals surface area contributed by atoms with Crippen LogP contribution in [0.1, 0.15) is 20.8 Å². The number of ether oxygens (including phenoxy) is 1. The lowest BCUT2D eigenvalue weighted by Gasteiger charge is -2.20. The third-order valence-corrected chi connectivity index (χ3v) is 5.90. The highest BCUT2D eigenvalue weighted by atomic mass is 32.2. The zero-order chi connectivity index (χ0) is 20.1. The first-order valence-electron chi connectivity index (χ1n) is 8.30. The molecule has 27 heavy (non-hydrogen) atoms. The van der Waals surface area contributed by atoms with Gasteiger partial charge in [0.2, 0.25) is 10.0 Å². The van der Waals surface area contributed by atoms with E-state index >= 15 is 0 Å². The Balaban J connectivity index is 1.96. The molecular formula is C19H24N2O4S2. The van der Waals surface area contributed by atoms with Crippen LogP contribution in [-0.4, -0.2) is 32.7 Å². The average Bonchev–Trinajstić information content (AvgIpc) is 2.59. The SMILES string of the molecule is CSc1ccccc1NC(=O)COc1ccc(S(=O)(=O)NC(C)(C)C)cc1. The van der Waals surface area contributed by atoms with Gasteiger partial charge in [0, 0.05) is 10.4 Å². The lowest BCUT2D eigenvalue weighted by molar-refractivity contribution is -0.118. The molecule has 0 aromatic heterocycles. The second-order valence-electron chi connectivity index (χ2n) is 6.86. The van der Waals surface area contributed by atoms with Crippen LogP contribution < -0.4 is 14.8 Å². The minimum absolute atomic E-state index is 0.142. The van der Waals surface area contributed by atoms with Crippen LogP contribution in [-0.2, 0) is 14.8 Å². The molecule has 2 rings (SSSR count). The summed E-state index contributed by atoms with van der Waals surface area (Å²) in [6.07, 6.45) is 1.94. The molecule has 0 aliphatic rings. The van der Waals surface area contributed by atoms with Gasteiger partial charge in [-0.25, -0.2) is 13.1 Å². The molecule has 0 saturated carbocycles. The molecular weight excluding hydrogens is 384 g/mol. The number of carbonyl (C=O) groups excluding carboxylic acids is 1. The summed E-state index contributed by atoms with van der Waals surface area (Å²) in [6, 6.07) is 13.5. The Kier molecular flexibility index (Phi) is 6.91. The van der Waals surface area contributed by atoms with Crippen molar-refractivity contribution in [2.24, 2.45) is 0 Å². The molecule has 8 heteroatoms. The summed E-state index contributed by atoms with van der Waals surface area (Å²) in [5, 5.41) is 2.80. The summed E-state index contributed by atoms with van der Waals surface area (Å²) in [5.41, 5.74) is 0.160. The zero-order valence-corrected chi connectivity index (χ0v) is 17.4. The minimum Gasteiger partial charge on any atom is -0.484 e. The first-order chi connectivity index (χ1) is 12.6. The average molecular weight is 409 g/mol. The van der Waals surface area contributed by atoms with E-state index < -0.39 is 15.6 Å². The third-order valence-electron chi connectivity index (χ3n) is 3.33. The van der Waals surface area contributed by atoms with E-state index in [4.69, 9.17) is 4.74 Å². The standard InChI is InChI=1S/C19H24N2O4S2/c1-19(2,3)21-27(23,24)15-11-9-14(10-12-15)25-13-18(22)20-16-7-5-6-8-17(16)26-4/h5-12,21H,13H2,1-4H3,(H,20,22). The molecule has 0 spiro atoms. The van der Waals surface area contributed by atoms with Gasteiger partial charge in [-0.1, -0.05) is 12.1 Å². The van der Waals surface area contributed by atoms with Gasteiger partial charge in [0.05, 0.1) is 10.6 Å². The predicted molar refractivity (Wildman–Crippen MR) is 109 cm³/mol. The maximum atomic E-state index is 12.3. The van der Waals surface area contributed by atoms with Crippen molar-refractivity contribution in [3.63, 3.8) is 0 Å². The summed E-state index contributed by atoms with van der Waals surface area (Å²) >= 11 is 1.54. The topological polar surface area (TPSA) is 84.5 Å². The lowest BCUT2D eigenvalue weighted by Crippen LogP contribution is -2.40. The van der Waals surface area contributed by atoms with E-state index in [2.05, 4.69) is 10.0 Å². The number of carbonyl (C=O) groups is 1. The van der Waals surface area contributed by atoms with Crippen LogP contribution in [0.2, 0.25) is 0 Å². The number of amides is 1. The van der Waals surface area contributed by atoms with Crippen LogP contribution in [0.5, 0.6) is 5.75 Å². The molecule has 0 heterocycles. The Morgan fingerprint density at radius 3 is 2.30 bits per heavy atom. The molecule has 0 atom stereocenters. The van der Waals surface area contributed by atoms with Gasteiger partial charge >= 0.3 is 0 Å². The molecule has 0 aliphatic carbocycles. The van der Waals surface area contributed by atoms with Crippen LogP contribution in [0.15, 0.2) is 58.3 Å². The highest BCUT2D eigenvalue weighted by molar-refractivity contribution is 7.98. The number of sulfonamides is 1. The third kappa shape index (κ3) is 6.57. The highest BCUT2D eigenvalue weighted by Crippen LogP contribution is 2.24. The van der Waals surface area contributed by atoms with Gasteiger partial charge in [-0.15, -0.1) is 11.8 Å². The fraction of sp³-hybridized carbons (Fsp3) is 0.316. The molecule has 6 nitrogen and oxygen atoms in total. The van der Waals surface area contributed by atoms with Crippen molar-refractivity contribution in [2.45, 2.75) is 36.1 Å². The Bertz CT molecular complexity index is 889. The van der Waals surface area contributed by atoms with E-state index in [0.717, 1.165) is 10.6 Å². The second kappa shape index (κ2) is 8.77. The summed E-state index contributed by atoms with van der Waals surface area (Å²) < 4.78 is 32.6.